The third-order valence-electron chi connectivity index (χ3n) is 2.40. The highest BCUT2D eigenvalue weighted by molar-refractivity contribution is 7.92. The molecule has 0 aliphatic rings. The van der Waals surface area contributed by atoms with Crippen LogP contribution in [-0.2, 0) is 14.8 Å². The lowest BCUT2D eigenvalue weighted by Crippen LogP contribution is -2.37. The summed E-state index contributed by atoms with van der Waals surface area (Å²) in [6, 6.07) is 8.82. The van der Waals surface area contributed by atoms with Crippen molar-refractivity contribution >= 4 is 21.6 Å². The molecule has 6 heteroatoms. The van der Waals surface area contributed by atoms with Gasteiger partial charge in [0.15, 0.2) is 0 Å². The Bertz CT molecular complexity index is 485. The summed E-state index contributed by atoms with van der Waals surface area (Å²) in [4.78, 5) is 11.1. The Kier molecular flexibility index (Phi) is 5.15. The molecule has 1 amide bonds. The quantitative estimate of drug-likeness (QED) is 0.838. The van der Waals surface area contributed by atoms with E-state index in [1.807, 2.05) is 6.07 Å². The van der Waals surface area contributed by atoms with Gasteiger partial charge in [-0.2, -0.15) is 0 Å². The molecule has 5 nitrogen and oxygen atoms in total. The molecular weight excluding hydrogens is 252 g/mol. The van der Waals surface area contributed by atoms with Gasteiger partial charge in [-0.05, 0) is 12.1 Å². The van der Waals surface area contributed by atoms with E-state index < -0.39 is 10.0 Å². The Morgan fingerprint density at radius 3 is 2.39 bits per heavy atom. The van der Waals surface area contributed by atoms with Gasteiger partial charge in [0.05, 0.1) is 18.5 Å². The Balaban J connectivity index is 2.73. The lowest BCUT2D eigenvalue weighted by molar-refractivity contribution is -0.120. The first-order valence-corrected chi connectivity index (χ1v) is 7.59. The van der Waals surface area contributed by atoms with Gasteiger partial charge in [0.25, 0.3) is 0 Å². The van der Waals surface area contributed by atoms with Crippen molar-refractivity contribution in [3.8, 4) is 0 Å². The maximum atomic E-state index is 11.7. The van der Waals surface area contributed by atoms with Crippen LogP contribution in [0.2, 0.25) is 0 Å². The molecule has 0 radical (unpaired) electrons. The number of carbonyl (C=O) groups is 1. The standard InChI is InChI=1S/C12H18N2O3S/c1-3-12(15)13-9-10-14(18(2,16)17)11-7-5-4-6-8-11/h4-8H,3,9-10H2,1-2H3,(H,13,15). The van der Waals surface area contributed by atoms with E-state index in [2.05, 4.69) is 5.32 Å². The van der Waals surface area contributed by atoms with Crippen LogP contribution < -0.4 is 9.62 Å². The third-order valence-corrected chi connectivity index (χ3v) is 3.60. The van der Waals surface area contributed by atoms with Crippen molar-refractivity contribution in [2.75, 3.05) is 23.7 Å². The summed E-state index contributed by atoms with van der Waals surface area (Å²) in [7, 11) is -3.34. The molecule has 0 heterocycles. The fourth-order valence-corrected chi connectivity index (χ4v) is 2.43. The van der Waals surface area contributed by atoms with E-state index in [4.69, 9.17) is 0 Å². The molecule has 0 bridgehead atoms. The molecule has 1 rings (SSSR count). The van der Waals surface area contributed by atoms with Gasteiger partial charge in [-0.1, -0.05) is 25.1 Å². The van der Waals surface area contributed by atoms with Crippen molar-refractivity contribution in [3.05, 3.63) is 30.3 Å². The van der Waals surface area contributed by atoms with Crippen molar-refractivity contribution in [3.63, 3.8) is 0 Å². The zero-order valence-electron chi connectivity index (χ0n) is 10.6. The summed E-state index contributed by atoms with van der Waals surface area (Å²) in [6.07, 6.45) is 1.55. The summed E-state index contributed by atoms with van der Waals surface area (Å²) < 4.78 is 24.7. The minimum absolute atomic E-state index is 0.0866. The molecule has 0 atom stereocenters. The minimum Gasteiger partial charge on any atom is -0.354 e. The molecule has 1 aromatic rings. The number of hydrogen-bond donors (Lipinski definition) is 1. The SMILES string of the molecule is CCC(=O)NCCN(c1ccccc1)S(C)(=O)=O. The van der Waals surface area contributed by atoms with Crippen LogP contribution >= 0.6 is 0 Å². The fourth-order valence-electron chi connectivity index (χ4n) is 1.50. The number of amides is 1. The second-order valence-electron chi connectivity index (χ2n) is 3.87. The number of sulfonamides is 1. The minimum atomic E-state index is -3.34. The average molecular weight is 270 g/mol. The van der Waals surface area contributed by atoms with Crippen LogP contribution in [0.25, 0.3) is 0 Å². The van der Waals surface area contributed by atoms with Gasteiger partial charge < -0.3 is 5.32 Å². The number of anilines is 1. The van der Waals surface area contributed by atoms with Gasteiger partial charge in [0, 0.05) is 13.0 Å². The van der Waals surface area contributed by atoms with Crippen LogP contribution in [0.1, 0.15) is 13.3 Å². The first-order valence-electron chi connectivity index (χ1n) is 5.74. The number of benzene rings is 1. The highest BCUT2D eigenvalue weighted by Gasteiger charge is 2.16. The summed E-state index contributed by atoms with van der Waals surface area (Å²) in [5.74, 6) is -0.0866. The Labute approximate surface area is 108 Å². The van der Waals surface area contributed by atoms with Crippen molar-refractivity contribution in [2.45, 2.75) is 13.3 Å². The van der Waals surface area contributed by atoms with Gasteiger partial charge in [0.1, 0.15) is 0 Å². The second kappa shape index (κ2) is 6.39. The average Bonchev–Trinajstić information content (AvgIpc) is 2.33. The zero-order chi connectivity index (χ0) is 13.6. The lowest BCUT2D eigenvalue weighted by atomic mass is 10.3. The van der Waals surface area contributed by atoms with Crippen LogP contribution in [0.5, 0.6) is 0 Å². The second-order valence-corrected chi connectivity index (χ2v) is 5.78. The normalized spacial score (nSPS) is 11.0. The Hall–Kier alpha value is -1.56. The van der Waals surface area contributed by atoms with Crippen molar-refractivity contribution < 1.29 is 13.2 Å². The van der Waals surface area contributed by atoms with E-state index in [0.29, 0.717) is 18.7 Å². The van der Waals surface area contributed by atoms with Crippen molar-refractivity contribution in [1.29, 1.82) is 0 Å². The molecule has 0 saturated heterocycles. The Morgan fingerprint density at radius 1 is 1.28 bits per heavy atom. The molecule has 0 aromatic heterocycles. The monoisotopic (exact) mass is 270 g/mol. The molecule has 0 aliphatic carbocycles. The topological polar surface area (TPSA) is 66.5 Å². The number of nitrogens with zero attached hydrogens (tertiary/aromatic N) is 1. The molecule has 18 heavy (non-hydrogen) atoms. The molecular formula is C12H18N2O3S. The van der Waals surface area contributed by atoms with E-state index in [1.165, 1.54) is 4.31 Å². The van der Waals surface area contributed by atoms with Crippen LogP contribution in [0.4, 0.5) is 5.69 Å². The maximum Gasteiger partial charge on any atom is 0.232 e. The molecule has 100 valence electrons. The molecule has 0 spiro atoms. The lowest BCUT2D eigenvalue weighted by Gasteiger charge is -2.22. The van der Waals surface area contributed by atoms with Gasteiger partial charge in [-0.15, -0.1) is 0 Å². The molecule has 0 saturated carbocycles. The van der Waals surface area contributed by atoms with Gasteiger partial charge in [-0.3, -0.25) is 9.10 Å². The van der Waals surface area contributed by atoms with Crippen LogP contribution in [0.3, 0.4) is 0 Å². The molecule has 0 unspecified atom stereocenters. The van der Waals surface area contributed by atoms with Gasteiger partial charge in [-0.25, -0.2) is 8.42 Å². The third kappa shape index (κ3) is 4.37. The summed E-state index contributed by atoms with van der Waals surface area (Å²) in [5.41, 5.74) is 0.603. The highest BCUT2D eigenvalue weighted by Crippen LogP contribution is 2.15. The number of hydrogen-bond acceptors (Lipinski definition) is 3. The van der Waals surface area contributed by atoms with Crippen LogP contribution in [0, 0.1) is 0 Å². The molecule has 1 N–H and O–H groups in total. The van der Waals surface area contributed by atoms with Crippen molar-refractivity contribution in [2.24, 2.45) is 0 Å². The Morgan fingerprint density at radius 2 is 1.89 bits per heavy atom. The van der Waals surface area contributed by atoms with E-state index in [1.54, 1.807) is 31.2 Å². The van der Waals surface area contributed by atoms with Gasteiger partial charge >= 0.3 is 0 Å². The van der Waals surface area contributed by atoms with Gasteiger partial charge in [0.2, 0.25) is 15.9 Å². The van der Waals surface area contributed by atoms with E-state index in [-0.39, 0.29) is 12.5 Å². The highest BCUT2D eigenvalue weighted by atomic mass is 32.2. The predicted molar refractivity (Wildman–Crippen MR) is 71.9 cm³/mol. The molecule has 0 aliphatic heterocycles. The number of rotatable bonds is 6. The zero-order valence-corrected chi connectivity index (χ0v) is 11.4. The van der Waals surface area contributed by atoms with Crippen molar-refractivity contribution in [1.82, 2.24) is 5.32 Å². The molecule has 0 fully saturated rings. The van der Waals surface area contributed by atoms with E-state index in [0.717, 1.165) is 6.26 Å². The maximum absolute atomic E-state index is 11.7. The number of para-hydroxylation sites is 1. The predicted octanol–water partition coefficient (Wildman–Crippen LogP) is 0.979. The number of nitrogens with one attached hydrogen (secondary N) is 1. The fraction of sp³-hybridized carbons (Fsp3) is 0.417. The van der Waals surface area contributed by atoms with Crippen LogP contribution in [0.15, 0.2) is 30.3 Å². The largest absolute Gasteiger partial charge is 0.354 e. The first-order chi connectivity index (χ1) is 8.45. The smallest absolute Gasteiger partial charge is 0.232 e. The first kappa shape index (κ1) is 14.5. The van der Waals surface area contributed by atoms with E-state index >= 15 is 0 Å². The summed E-state index contributed by atoms with van der Waals surface area (Å²) >= 11 is 0. The summed E-state index contributed by atoms with van der Waals surface area (Å²) in [6.45, 7) is 2.28. The number of carbonyl (C=O) groups excluding carboxylic acids is 1. The van der Waals surface area contributed by atoms with Crippen LogP contribution in [-0.4, -0.2) is 33.7 Å². The molecule has 1 aromatic carbocycles. The van der Waals surface area contributed by atoms with E-state index in [9.17, 15) is 13.2 Å². The summed E-state index contributed by atoms with van der Waals surface area (Å²) in [5, 5.41) is 2.66.